The van der Waals surface area contributed by atoms with E-state index >= 15 is 0 Å². The van der Waals surface area contributed by atoms with Gasteiger partial charge in [-0.25, -0.2) is 9.97 Å². The largest absolute Gasteiger partial charge is 0.301 e. The van der Waals surface area contributed by atoms with E-state index in [9.17, 15) is 0 Å². The van der Waals surface area contributed by atoms with Crippen LogP contribution in [0.25, 0.3) is 28.1 Å². The van der Waals surface area contributed by atoms with E-state index in [1.54, 1.807) is 0 Å². The molecule has 0 bridgehead atoms. The molecule has 130 valence electrons. The van der Waals surface area contributed by atoms with Crippen molar-refractivity contribution in [3.63, 3.8) is 0 Å². The van der Waals surface area contributed by atoms with Gasteiger partial charge >= 0.3 is 0 Å². The molecular weight excluding hydrogens is 322 g/mol. The van der Waals surface area contributed by atoms with Gasteiger partial charge in [-0.2, -0.15) is 5.10 Å². The fourth-order valence-corrected chi connectivity index (χ4v) is 4.08. The van der Waals surface area contributed by atoms with Crippen molar-refractivity contribution in [1.82, 2.24) is 24.7 Å². The predicted molar refractivity (Wildman–Crippen MR) is 102 cm³/mol. The number of hydrogen-bond acceptors (Lipinski definition) is 3. The van der Waals surface area contributed by atoms with Gasteiger partial charge in [0.2, 0.25) is 0 Å². The third-order valence-electron chi connectivity index (χ3n) is 5.40. The van der Waals surface area contributed by atoms with E-state index in [-0.39, 0.29) is 0 Å². The van der Waals surface area contributed by atoms with Crippen molar-refractivity contribution in [2.24, 2.45) is 5.92 Å². The zero-order chi connectivity index (χ0) is 17.3. The molecule has 1 saturated carbocycles. The van der Waals surface area contributed by atoms with Gasteiger partial charge in [0, 0.05) is 29.0 Å². The van der Waals surface area contributed by atoms with Gasteiger partial charge in [0.1, 0.15) is 12.0 Å². The molecule has 1 aromatic carbocycles. The normalized spacial score (nSPS) is 15.1. The fourth-order valence-electron chi connectivity index (χ4n) is 4.08. The van der Waals surface area contributed by atoms with Gasteiger partial charge in [0.05, 0.1) is 0 Å². The summed E-state index contributed by atoms with van der Waals surface area (Å²) in [5, 5.41) is 8.06. The van der Waals surface area contributed by atoms with Crippen molar-refractivity contribution in [1.29, 1.82) is 0 Å². The lowest BCUT2D eigenvalue weighted by Crippen LogP contribution is -2.00. The first kappa shape index (κ1) is 15.3. The highest BCUT2D eigenvalue weighted by molar-refractivity contribution is 5.79. The Labute approximate surface area is 152 Å². The molecule has 5 heteroatoms. The van der Waals surface area contributed by atoms with Gasteiger partial charge in [-0.05, 0) is 42.2 Å². The van der Waals surface area contributed by atoms with Gasteiger partial charge in [0.15, 0.2) is 5.82 Å². The number of hydrogen-bond donors (Lipinski definition) is 1. The maximum atomic E-state index is 4.78. The van der Waals surface area contributed by atoms with Crippen LogP contribution in [0.2, 0.25) is 0 Å². The molecule has 3 heterocycles. The molecule has 3 aromatic heterocycles. The van der Waals surface area contributed by atoms with Crippen molar-refractivity contribution in [2.45, 2.75) is 32.1 Å². The topological polar surface area (TPSA) is 59.4 Å². The highest BCUT2D eigenvalue weighted by atomic mass is 15.2. The number of H-pyrrole nitrogens is 1. The van der Waals surface area contributed by atoms with Gasteiger partial charge in [-0.15, -0.1) is 0 Å². The minimum atomic E-state index is 0.773. The molecule has 0 unspecified atom stereocenters. The van der Waals surface area contributed by atoms with E-state index in [0.717, 1.165) is 35.1 Å². The quantitative estimate of drug-likeness (QED) is 0.591. The van der Waals surface area contributed by atoms with Crippen LogP contribution >= 0.6 is 0 Å². The number of pyridine rings is 1. The van der Waals surface area contributed by atoms with E-state index in [0.29, 0.717) is 0 Å². The molecule has 0 atom stereocenters. The number of aromatic amines is 1. The van der Waals surface area contributed by atoms with E-state index in [2.05, 4.69) is 56.4 Å². The Morgan fingerprint density at radius 3 is 2.85 bits per heavy atom. The zero-order valence-electron chi connectivity index (χ0n) is 14.6. The van der Waals surface area contributed by atoms with Crippen LogP contribution in [0.4, 0.5) is 0 Å². The van der Waals surface area contributed by atoms with E-state index < -0.39 is 0 Å². The lowest BCUT2D eigenvalue weighted by atomic mass is 9.99. The number of benzene rings is 1. The van der Waals surface area contributed by atoms with Gasteiger partial charge in [-0.1, -0.05) is 37.8 Å². The zero-order valence-corrected chi connectivity index (χ0v) is 14.6. The highest BCUT2D eigenvalue weighted by Gasteiger charge is 2.16. The first-order chi connectivity index (χ1) is 12.9. The molecule has 4 aromatic rings. The smallest absolute Gasteiger partial charge is 0.155 e. The maximum Gasteiger partial charge on any atom is 0.155 e. The lowest BCUT2D eigenvalue weighted by molar-refractivity contribution is 0.546. The monoisotopic (exact) mass is 343 g/mol. The fraction of sp³-hybridized carbons (Fsp3) is 0.286. The number of rotatable bonds is 4. The Hall–Kier alpha value is -2.95. The standard InChI is InChI=1S/C21H21N5/c1-2-5-15(4-1)10-16-11-18-8-9-26(21(18)22-13-16)19-7-3-6-17(12-19)20-23-14-24-25-20/h3,6-9,11-15H,1-2,4-5,10H2,(H,23,24,25). The SMILES string of the molecule is c1cc(-c2ncn[nH]2)cc(-n2ccc3cc(CC4CCCC4)cnc32)c1. The molecule has 0 saturated heterocycles. The first-order valence-electron chi connectivity index (χ1n) is 9.29. The van der Waals surface area contributed by atoms with Gasteiger partial charge in [0.25, 0.3) is 0 Å². The van der Waals surface area contributed by atoms with Crippen LogP contribution < -0.4 is 0 Å². The number of aromatic nitrogens is 5. The second-order valence-electron chi connectivity index (χ2n) is 7.18. The van der Waals surface area contributed by atoms with Crippen LogP contribution in [0.1, 0.15) is 31.2 Å². The van der Waals surface area contributed by atoms with Crippen LogP contribution in [-0.2, 0) is 6.42 Å². The predicted octanol–water partition coefficient (Wildman–Crippen LogP) is 4.54. The summed E-state index contributed by atoms with van der Waals surface area (Å²) in [6, 6.07) is 12.7. The summed E-state index contributed by atoms with van der Waals surface area (Å²) in [6.45, 7) is 0. The number of fused-ring (bicyclic) bond motifs is 1. The molecule has 1 N–H and O–H groups in total. The Morgan fingerprint density at radius 2 is 2.00 bits per heavy atom. The average Bonchev–Trinajstić information content (AvgIpc) is 3.43. The molecular formula is C21H21N5. The van der Waals surface area contributed by atoms with Crippen LogP contribution in [0, 0.1) is 5.92 Å². The second kappa shape index (κ2) is 6.41. The third kappa shape index (κ3) is 2.79. The average molecular weight is 343 g/mol. The summed E-state index contributed by atoms with van der Waals surface area (Å²) >= 11 is 0. The molecule has 5 rings (SSSR count). The maximum absolute atomic E-state index is 4.78. The Bertz CT molecular complexity index is 1030. The minimum Gasteiger partial charge on any atom is -0.301 e. The summed E-state index contributed by atoms with van der Waals surface area (Å²) in [4.78, 5) is 9.02. The molecule has 0 spiro atoms. The molecule has 1 fully saturated rings. The summed E-state index contributed by atoms with van der Waals surface area (Å²) in [5.41, 5.74) is 4.44. The number of nitrogens with zero attached hydrogens (tertiary/aromatic N) is 4. The second-order valence-corrected chi connectivity index (χ2v) is 7.18. The summed E-state index contributed by atoms with van der Waals surface area (Å²) in [6.07, 6.45) is 12.3. The van der Waals surface area contributed by atoms with E-state index in [1.807, 2.05) is 12.1 Å². The molecule has 1 aliphatic carbocycles. The Morgan fingerprint density at radius 1 is 1.08 bits per heavy atom. The van der Waals surface area contributed by atoms with Crippen molar-refractivity contribution < 1.29 is 0 Å². The van der Waals surface area contributed by atoms with E-state index in [1.165, 1.54) is 43.0 Å². The van der Waals surface area contributed by atoms with Crippen molar-refractivity contribution in [3.05, 3.63) is 60.7 Å². The third-order valence-corrected chi connectivity index (χ3v) is 5.40. The van der Waals surface area contributed by atoms with E-state index in [4.69, 9.17) is 4.98 Å². The summed E-state index contributed by atoms with van der Waals surface area (Å²) < 4.78 is 2.13. The molecule has 26 heavy (non-hydrogen) atoms. The molecule has 5 nitrogen and oxygen atoms in total. The van der Waals surface area contributed by atoms with Crippen molar-refractivity contribution >= 4 is 11.0 Å². The van der Waals surface area contributed by atoms with Crippen LogP contribution in [0.15, 0.2) is 55.1 Å². The van der Waals surface area contributed by atoms with Crippen LogP contribution in [-0.4, -0.2) is 24.7 Å². The van der Waals surface area contributed by atoms with Crippen LogP contribution in [0.3, 0.4) is 0 Å². The lowest BCUT2D eigenvalue weighted by Gasteiger charge is -2.10. The molecule has 0 radical (unpaired) electrons. The molecule has 1 aliphatic rings. The summed E-state index contributed by atoms with van der Waals surface area (Å²) in [7, 11) is 0. The first-order valence-corrected chi connectivity index (χ1v) is 9.29. The highest BCUT2D eigenvalue weighted by Crippen LogP contribution is 2.29. The molecule has 0 aliphatic heterocycles. The Kier molecular flexibility index (Phi) is 3.77. The Balaban J connectivity index is 1.49. The van der Waals surface area contributed by atoms with Crippen LogP contribution in [0.5, 0.6) is 0 Å². The minimum absolute atomic E-state index is 0.773. The van der Waals surface area contributed by atoms with Gasteiger partial charge < -0.3 is 4.57 Å². The molecule has 0 amide bonds. The van der Waals surface area contributed by atoms with Gasteiger partial charge in [-0.3, -0.25) is 5.10 Å². The summed E-state index contributed by atoms with van der Waals surface area (Å²) in [5.74, 6) is 1.62. The van der Waals surface area contributed by atoms with Crippen molar-refractivity contribution in [3.8, 4) is 17.1 Å². The number of nitrogens with one attached hydrogen (secondary N) is 1. The van der Waals surface area contributed by atoms with Crippen molar-refractivity contribution in [2.75, 3.05) is 0 Å².